The van der Waals surface area contributed by atoms with Gasteiger partial charge in [-0.3, -0.25) is 10.1 Å². The lowest BCUT2D eigenvalue weighted by Crippen LogP contribution is -2.45. The van der Waals surface area contributed by atoms with Gasteiger partial charge >= 0.3 is 5.97 Å². The molecule has 0 saturated heterocycles. The molecule has 2 unspecified atom stereocenters. The van der Waals surface area contributed by atoms with Crippen LogP contribution in [-0.4, -0.2) is 27.1 Å². The number of imidazole rings is 1. The first-order valence-corrected chi connectivity index (χ1v) is 6.29. The van der Waals surface area contributed by atoms with Crippen LogP contribution in [0, 0.1) is 0 Å². The molecule has 3 N–H and O–H groups in total. The number of aromatic amines is 1. The Morgan fingerprint density at radius 2 is 2.32 bits per heavy atom. The smallest absolute Gasteiger partial charge is 0.321 e. The zero-order valence-corrected chi connectivity index (χ0v) is 10.7. The van der Waals surface area contributed by atoms with Gasteiger partial charge in [0.15, 0.2) is 0 Å². The van der Waals surface area contributed by atoms with Crippen LogP contribution < -0.4 is 5.32 Å². The third kappa shape index (κ3) is 2.22. The van der Waals surface area contributed by atoms with Gasteiger partial charge in [-0.05, 0) is 17.7 Å². The minimum absolute atomic E-state index is 0.255. The van der Waals surface area contributed by atoms with E-state index >= 15 is 0 Å². The summed E-state index contributed by atoms with van der Waals surface area (Å²) in [6.45, 7) is 0. The van der Waals surface area contributed by atoms with Crippen LogP contribution in [0.15, 0.2) is 30.6 Å². The number of hydrogen-bond acceptors (Lipinski definition) is 3. The molecule has 3 rings (SSSR count). The van der Waals surface area contributed by atoms with Crippen molar-refractivity contribution in [3.63, 3.8) is 0 Å². The molecule has 19 heavy (non-hydrogen) atoms. The van der Waals surface area contributed by atoms with Crippen LogP contribution >= 0.6 is 11.6 Å². The average Bonchev–Trinajstić information content (AvgIpc) is 2.85. The number of rotatable bonds is 2. The lowest BCUT2D eigenvalue weighted by Gasteiger charge is -2.28. The van der Waals surface area contributed by atoms with Crippen molar-refractivity contribution >= 4 is 17.6 Å². The van der Waals surface area contributed by atoms with Crippen molar-refractivity contribution in [3.8, 4) is 0 Å². The monoisotopic (exact) mass is 277 g/mol. The molecule has 6 heteroatoms. The van der Waals surface area contributed by atoms with Crippen molar-refractivity contribution in [1.29, 1.82) is 0 Å². The van der Waals surface area contributed by atoms with E-state index in [1.165, 1.54) is 0 Å². The highest BCUT2D eigenvalue weighted by Crippen LogP contribution is 2.29. The molecule has 0 fully saturated rings. The number of nitrogens with zero attached hydrogens (tertiary/aromatic N) is 1. The van der Waals surface area contributed by atoms with E-state index in [1.54, 1.807) is 12.4 Å². The number of nitrogens with one attached hydrogen (secondary N) is 2. The second-order valence-electron chi connectivity index (χ2n) is 4.52. The molecule has 2 heterocycles. The van der Waals surface area contributed by atoms with Crippen molar-refractivity contribution in [1.82, 2.24) is 15.3 Å². The largest absolute Gasteiger partial charge is 0.480 e. The third-order valence-electron chi connectivity index (χ3n) is 3.28. The molecule has 5 nitrogen and oxygen atoms in total. The van der Waals surface area contributed by atoms with E-state index < -0.39 is 12.0 Å². The topological polar surface area (TPSA) is 78.0 Å². The number of carboxylic acid groups (broad SMARTS) is 1. The number of H-pyrrole nitrogens is 1. The molecule has 0 bridgehead atoms. The molecule has 1 aromatic heterocycles. The summed E-state index contributed by atoms with van der Waals surface area (Å²) in [4.78, 5) is 18.5. The number of fused-ring (bicyclic) bond motifs is 1. The second-order valence-corrected chi connectivity index (χ2v) is 4.95. The van der Waals surface area contributed by atoms with Crippen molar-refractivity contribution < 1.29 is 9.90 Å². The van der Waals surface area contributed by atoms with Gasteiger partial charge in [-0.15, -0.1) is 0 Å². The Bertz CT molecular complexity index is 626. The highest BCUT2D eigenvalue weighted by Gasteiger charge is 2.33. The Morgan fingerprint density at radius 1 is 1.47 bits per heavy atom. The molecule has 0 spiro atoms. The van der Waals surface area contributed by atoms with Crippen molar-refractivity contribution in [2.75, 3.05) is 0 Å². The summed E-state index contributed by atoms with van der Waals surface area (Å²) in [7, 11) is 0. The minimum Gasteiger partial charge on any atom is -0.480 e. The van der Waals surface area contributed by atoms with Crippen molar-refractivity contribution in [2.45, 2.75) is 18.5 Å². The fourth-order valence-electron chi connectivity index (χ4n) is 2.39. The molecular weight excluding hydrogens is 266 g/mol. The lowest BCUT2D eigenvalue weighted by molar-refractivity contribution is -0.139. The summed E-state index contributed by atoms with van der Waals surface area (Å²) in [5, 5.41) is 12.9. The van der Waals surface area contributed by atoms with Gasteiger partial charge in [0.1, 0.15) is 6.04 Å². The number of halogens is 1. The molecule has 0 saturated carbocycles. The number of hydrogen-bond donors (Lipinski definition) is 3. The van der Waals surface area contributed by atoms with Gasteiger partial charge in [-0.2, -0.15) is 0 Å². The van der Waals surface area contributed by atoms with E-state index in [0.29, 0.717) is 11.4 Å². The first-order chi connectivity index (χ1) is 9.15. The normalized spacial score (nSPS) is 21.9. The van der Waals surface area contributed by atoms with Crippen molar-refractivity contribution in [2.24, 2.45) is 0 Å². The average molecular weight is 278 g/mol. The third-order valence-corrected chi connectivity index (χ3v) is 3.52. The van der Waals surface area contributed by atoms with E-state index in [1.807, 2.05) is 18.2 Å². The molecular formula is C13H12ClN3O2. The fourth-order valence-corrected chi connectivity index (χ4v) is 2.58. The molecule has 98 valence electrons. The standard InChI is InChI=1S/C13H12ClN3O2/c14-8-3-1-2-7(4-8)11-12-9(15-6-16-12)5-10(17-11)13(18)19/h1-4,6,10-11,17H,5H2,(H,15,16)(H,18,19). The number of aliphatic carboxylic acids is 1. The lowest BCUT2D eigenvalue weighted by atomic mass is 9.94. The summed E-state index contributed by atoms with van der Waals surface area (Å²) in [5.74, 6) is -0.868. The Morgan fingerprint density at radius 3 is 3.05 bits per heavy atom. The predicted molar refractivity (Wildman–Crippen MR) is 70.1 cm³/mol. The zero-order chi connectivity index (χ0) is 13.4. The molecule has 1 aromatic carbocycles. The van der Waals surface area contributed by atoms with E-state index in [-0.39, 0.29) is 6.04 Å². The summed E-state index contributed by atoms with van der Waals surface area (Å²) >= 11 is 5.99. The molecule has 2 atom stereocenters. The van der Waals surface area contributed by atoms with Crippen LogP contribution in [0.4, 0.5) is 0 Å². The number of carboxylic acids is 1. The van der Waals surface area contributed by atoms with Crippen LogP contribution in [0.25, 0.3) is 0 Å². The van der Waals surface area contributed by atoms with Crippen LogP contribution in [0.3, 0.4) is 0 Å². The summed E-state index contributed by atoms with van der Waals surface area (Å²) in [6, 6.07) is 6.48. The van der Waals surface area contributed by atoms with Gasteiger partial charge in [0, 0.05) is 17.1 Å². The van der Waals surface area contributed by atoms with Gasteiger partial charge in [0.2, 0.25) is 0 Å². The summed E-state index contributed by atoms with van der Waals surface area (Å²) in [5.41, 5.74) is 2.60. The zero-order valence-electron chi connectivity index (χ0n) is 9.93. The van der Waals surface area contributed by atoms with E-state index in [9.17, 15) is 9.90 Å². The van der Waals surface area contributed by atoms with Crippen LogP contribution in [0.5, 0.6) is 0 Å². The number of carbonyl (C=O) groups is 1. The highest BCUT2D eigenvalue weighted by molar-refractivity contribution is 6.30. The quantitative estimate of drug-likeness (QED) is 0.781. The maximum absolute atomic E-state index is 11.2. The van der Waals surface area contributed by atoms with Gasteiger partial charge in [-0.1, -0.05) is 23.7 Å². The number of benzene rings is 1. The molecule has 1 aliphatic heterocycles. The molecule has 1 aliphatic rings. The summed E-state index contributed by atoms with van der Waals surface area (Å²) < 4.78 is 0. The van der Waals surface area contributed by atoms with Gasteiger partial charge in [-0.25, -0.2) is 4.98 Å². The first kappa shape index (κ1) is 12.2. The predicted octanol–water partition coefficient (Wildman–Crippen LogP) is 1.75. The molecule has 0 radical (unpaired) electrons. The maximum atomic E-state index is 11.2. The van der Waals surface area contributed by atoms with Crippen LogP contribution in [0.2, 0.25) is 5.02 Å². The van der Waals surface area contributed by atoms with E-state index in [2.05, 4.69) is 15.3 Å². The first-order valence-electron chi connectivity index (χ1n) is 5.91. The van der Waals surface area contributed by atoms with Gasteiger partial charge in [0.05, 0.1) is 18.1 Å². The molecule has 0 aliphatic carbocycles. The maximum Gasteiger partial charge on any atom is 0.321 e. The molecule has 2 aromatic rings. The minimum atomic E-state index is -0.868. The van der Waals surface area contributed by atoms with Gasteiger partial charge < -0.3 is 10.1 Å². The van der Waals surface area contributed by atoms with Crippen molar-refractivity contribution in [3.05, 3.63) is 52.6 Å². The SMILES string of the molecule is O=C(O)C1Cc2[nH]cnc2C(c2cccc(Cl)c2)N1. The Balaban J connectivity index is 2.03. The Kier molecular flexibility index (Phi) is 3.00. The van der Waals surface area contributed by atoms with E-state index in [4.69, 9.17) is 11.6 Å². The fraction of sp³-hybridized carbons (Fsp3) is 0.231. The van der Waals surface area contributed by atoms with Gasteiger partial charge in [0.25, 0.3) is 0 Å². The highest BCUT2D eigenvalue weighted by atomic mass is 35.5. The second kappa shape index (κ2) is 4.68. The Labute approximate surface area is 114 Å². The summed E-state index contributed by atoms with van der Waals surface area (Å²) in [6.07, 6.45) is 2.00. The van der Waals surface area contributed by atoms with Crippen LogP contribution in [-0.2, 0) is 11.2 Å². The molecule has 0 amide bonds. The Hall–Kier alpha value is -1.85. The van der Waals surface area contributed by atoms with E-state index in [0.717, 1.165) is 17.0 Å². The van der Waals surface area contributed by atoms with Crippen LogP contribution in [0.1, 0.15) is 23.0 Å². The number of aromatic nitrogens is 2.